The first-order chi connectivity index (χ1) is 24.8. The van der Waals surface area contributed by atoms with Gasteiger partial charge in [-0.05, 0) is 83.6 Å². The first-order valence-electron chi connectivity index (χ1n) is 16.9. The molecular formula is C46H28N2S2. The van der Waals surface area contributed by atoms with E-state index in [4.69, 9.17) is 0 Å². The second kappa shape index (κ2) is 10.8. The molecule has 0 aliphatic heterocycles. The maximum atomic E-state index is 2.49. The molecule has 0 amide bonds. The molecule has 0 atom stereocenters. The van der Waals surface area contributed by atoms with Crippen LogP contribution in [0.2, 0.25) is 0 Å². The summed E-state index contributed by atoms with van der Waals surface area (Å²) in [6, 6.07) is 62.5. The second-order valence-electron chi connectivity index (χ2n) is 12.9. The van der Waals surface area contributed by atoms with Crippen LogP contribution in [-0.4, -0.2) is 4.57 Å². The number of aromatic nitrogens is 1. The SMILES string of the molecule is c1ccc(-n2c3ccccc3c3ccc(N(c4ccc5sc6ccc7ccccc7c6c5c4)c4cccc5sc6ccccc6c45)cc32)cc1. The number of benzene rings is 8. The van der Waals surface area contributed by atoms with Gasteiger partial charge < -0.3 is 9.47 Å². The summed E-state index contributed by atoms with van der Waals surface area (Å²) in [6.07, 6.45) is 0. The molecule has 11 rings (SSSR count). The van der Waals surface area contributed by atoms with E-state index >= 15 is 0 Å². The molecule has 0 bridgehead atoms. The third-order valence-corrected chi connectivity index (χ3v) is 12.4. The van der Waals surface area contributed by atoms with Crippen LogP contribution in [0.3, 0.4) is 0 Å². The molecule has 11 aromatic rings. The maximum Gasteiger partial charge on any atom is 0.0561 e. The largest absolute Gasteiger partial charge is 0.310 e. The van der Waals surface area contributed by atoms with Crippen molar-refractivity contribution in [1.82, 2.24) is 4.57 Å². The van der Waals surface area contributed by atoms with Crippen LogP contribution in [0.25, 0.3) is 78.6 Å². The number of hydrogen-bond donors (Lipinski definition) is 0. The molecule has 0 N–H and O–H groups in total. The minimum absolute atomic E-state index is 1.13. The van der Waals surface area contributed by atoms with Gasteiger partial charge in [-0.25, -0.2) is 0 Å². The van der Waals surface area contributed by atoms with Crippen molar-refractivity contribution >= 4 is 113 Å². The molecule has 2 nitrogen and oxygen atoms in total. The Morgan fingerprint density at radius 2 is 1.02 bits per heavy atom. The number of nitrogens with zero attached hydrogens (tertiary/aromatic N) is 2. The van der Waals surface area contributed by atoms with Crippen molar-refractivity contribution in [3.8, 4) is 5.69 Å². The molecule has 0 fully saturated rings. The fourth-order valence-electron chi connectivity index (χ4n) is 8.00. The molecule has 0 radical (unpaired) electrons. The molecule has 4 heteroatoms. The zero-order valence-electron chi connectivity index (χ0n) is 26.9. The standard InChI is InChI=1S/C46H28N2S2/c1-2-12-30(13-3-1)48-38-17-8-6-15-34(38)35-24-22-32(28-40(35)48)47(39-18-10-20-43-46(39)36-16-7-9-19-41(36)49-43)31-23-26-42-37(27-31)45-33-14-5-4-11-29(33)21-25-44(45)50-42/h1-28H. The number of thiophene rings is 2. The monoisotopic (exact) mass is 672 g/mol. The average molecular weight is 673 g/mol. The first-order valence-corrected chi connectivity index (χ1v) is 18.6. The Bertz CT molecular complexity index is 3110. The minimum atomic E-state index is 1.13. The van der Waals surface area contributed by atoms with E-state index in [9.17, 15) is 0 Å². The van der Waals surface area contributed by atoms with Gasteiger partial charge in [0.1, 0.15) is 0 Å². The van der Waals surface area contributed by atoms with Gasteiger partial charge >= 0.3 is 0 Å². The van der Waals surface area contributed by atoms with E-state index in [0.29, 0.717) is 0 Å². The molecule has 0 aliphatic carbocycles. The second-order valence-corrected chi connectivity index (χ2v) is 15.1. The Morgan fingerprint density at radius 3 is 1.92 bits per heavy atom. The summed E-state index contributed by atoms with van der Waals surface area (Å²) in [5.41, 5.74) is 7.02. The molecule has 0 spiro atoms. The van der Waals surface area contributed by atoms with Crippen LogP contribution in [0.1, 0.15) is 0 Å². The lowest BCUT2D eigenvalue weighted by Crippen LogP contribution is -2.10. The van der Waals surface area contributed by atoms with Gasteiger partial charge in [-0.3, -0.25) is 0 Å². The fraction of sp³-hybridized carbons (Fsp3) is 0. The predicted octanol–water partition coefficient (Wildman–Crippen LogP) is 14.1. The predicted molar refractivity (Wildman–Crippen MR) is 219 cm³/mol. The highest BCUT2D eigenvalue weighted by atomic mass is 32.1. The van der Waals surface area contributed by atoms with Gasteiger partial charge in [0.25, 0.3) is 0 Å². The summed E-state index contributed by atoms with van der Waals surface area (Å²) < 4.78 is 7.64. The number of fused-ring (bicyclic) bond motifs is 11. The molecule has 50 heavy (non-hydrogen) atoms. The van der Waals surface area contributed by atoms with Crippen LogP contribution < -0.4 is 4.90 Å². The molecule has 234 valence electrons. The zero-order chi connectivity index (χ0) is 32.8. The normalized spacial score (nSPS) is 12.0. The highest BCUT2D eigenvalue weighted by molar-refractivity contribution is 7.26. The van der Waals surface area contributed by atoms with Crippen LogP contribution in [0.15, 0.2) is 170 Å². The van der Waals surface area contributed by atoms with Crippen LogP contribution in [0, 0.1) is 0 Å². The van der Waals surface area contributed by atoms with Crippen molar-refractivity contribution in [2.75, 3.05) is 4.90 Å². The van der Waals surface area contributed by atoms with Gasteiger partial charge in [0, 0.05) is 68.2 Å². The van der Waals surface area contributed by atoms with E-state index in [-0.39, 0.29) is 0 Å². The fourth-order valence-corrected chi connectivity index (χ4v) is 10.2. The minimum Gasteiger partial charge on any atom is -0.310 e. The molecule has 8 aromatic carbocycles. The molecule has 3 aromatic heterocycles. The van der Waals surface area contributed by atoms with Gasteiger partial charge in [-0.15, -0.1) is 22.7 Å². The molecular weight excluding hydrogens is 645 g/mol. The Balaban J connectivity index is 1.24. The molecule has 0 aliphatic rings. The van der Waals surface area contributed by atoms with Gasteiger partial charge in [0.2, 0.25) is 0 Å². The van der Waals surface area contributed by atoms with Crippen molar-refractivity contribution in [2.45, 2.75) is 0 Å². The van der Waals surface area contributed by atoms with Crippen molar-refractivity contribution in [2.24, 2.45) is 0 Å². The van der Waals surface area contributed by atoms with E-state index < -0.39 is 0 Å². The summed E-state index contributed by atoms with van der Waals surface area (Å²) in [4.78, 5) is 2.49. The number of rotatable bonds is 4. The van der Waals surface area contributed by atoms with E-state index in [1.807, 2.05) is 22.7 Å². The highest BCUT2D eigenvalue weighted by Gasteiger charge is 2.22. The van der Waals surface area contributed by atoms with Crippen molar-refractivity contribution in [3.63, 3.8) is 0 Å². The van der Waals surface area contributed by atoms with E-state index in [1.54, 1.807) is 0 Å². The van der Waals surface area contributed by atoms with Crippen LogP contribution in [0.5, 0.6) is 0 Å². The lowest BCUT2D eigenvalue weighted by atomic mass is 10.0. The Kier molecular flexibility index (Phi) is 6.03. The Labute approximate surface area is 296 Å². The lowest BCUT2D eigenvalue weighted by molar-refractivity contribution is 1.18. The summed E-state index contributed by atoms with van der Waals surface area (Å²) in [5, 5.41) is 10.3. The third kappa shape index (κ3) is 4.07. The van der Waals surface area contributed by atoms with Crippen molar-refractivity contribution in [1.29, 1.82) is 0 Å². The third-order valence-electron chi connectivity index (χ3n) is 10.2. The van der Waals surface area contributed by atoms with Crippen LogP contribution >= 0.6 is 22.7 Å². The number of hydrogen-bond acceptors (Lipinski definition) is 3. The smallest absolute Gasteiger partial charge is 0.0561 e. The Morgan fingerprint density at radius 1 is 0.380 bits per heavy atom. The summed E-state index contributed by atoms with van der Waals surface area (Å²) >= 11 is 3.74. The van der Waals surface area contributed by atoms with Gasteiger partial charge in [-0.1, -0.05) is 97.1 Å². The Hall–Kier alpha value is -5.94. The van der Waals surface area contributed by atoms with E-state index in [1.165, 1.54) is 78.6 Å². The van der Waals surface area contributed by atoms with Gasteiger partial charge in [0.15, 0.2) is 0 Å². The quantitative estimate of drug-likeness (QED) is 0.181. The molecule has 0 saturated carbocycles. The topological polar surface area (TPSA) is 8.17 Å². The molecule has 0 unspecified atom stereocenters. The number of para-hydroxylation sites is 2. The molecule has 3 heterocycles. The highest BCUT2D eigenvalue weighted by Crippen LogP contribution is 2.48. The maximum absolute atomic E-state index is 2.49. The van der Waals surface area contributed by atoms with E-state index in [2.05, 4.69) is 179 Å². The van der Waals surface area contributed by atoms with Crippen molar-refractivity contribution in [3.05, 3.63) is 170 Å². The van der Waals surface area contributed by atoms with Gasteiger partial charge in [-0.2, -0.15) is 0 Å². The summed E-state index contributed by atoms with van der Waals surface area (Å²) in [5.74, 6) is 0. The van der Waals surface area contributed by atoms with E-state index in [0.717, 1.165) is 17.1 Å². The summed E-state index contributed by atoms with van der Waals surface area (Å²) in [7, 11) is 0. The van der Waals surface area contributed by atoms with Gasteiger partial charge in [0.05, 0.1) is 16.7 Å². The van der Waals surface area contributed by atoms with Crippen molar-refractivity contribution < 1.29 is 0 Å². The van der Waals surface area contributed by atoms with Crippen LogP contribution in [0.4, 0.5) is 17.1 Å². The summed E-state index contributed by atoms with van der Waals surface area (Å²) in [6.45, 7) is 0. The first kappa shape index (κ1) is 28.0. The lowest BCUT2D eigenvalue weighted by Gasteiger charge is -2.27. The zero-order valence-corrected chi connectivity index (χ0v) is 28.5. The molecule has 0 saturated heterocycles. The average Bonchev–Trinajstić information content (AvgIpc) is 3.85. The number of anilines is 3. The van der Waals surface area contributed by atoms with Crippen LogP contribution in [-0.2, 0) is 0 Å².